The monoisotopic (exact) mass is 326 g/mol. The quantitative estimate of drug-likeness (QED) is 0.784. The Bertz CT molecular complexity index is 948. The summed E-state index contributed by atoms with van der Waals surface area (Å²) < 4.78 is 28.0. The number of sulfonamides is 1. The molecule has 6 nitrogen and oxygen atoms in total. The fourth-order valence-electron chi connectivity index (χ4n) is 2.62. The molecule has 2 aromatic heterocycles. The molecular formula is C16H14N4O2S. The number of anilines is 1. The Kier molecular flexibility index (Phi) is 3.16. The van der Waals surface area contributed by atoms with Crippen LogP contribution in [0.1, 0.15) is 0 Å². The molecule has 0 atom stereocenters. The Hall–Kier alpha value is -2.67. The highest BCUT2D eigenvalue weighted by Crippen LogP contribution is 2.31. The predicted octanol–water partition coefficient (Wildman–Crippen LogP) is 2.37. The summed E-state index contributed by atoms with van der Waals surface area (Å²) in [5.74, 6) is 0.607. The summed E-state index contributed by atoms with van der Waals surface area (Å²) in [5.41, 5.74) is 3.40. The van der Waals surface area contributed by atoms with Gasteiger partial charge in [-0.1, -0.05) is 30.3 Å². The minimum Gasteiger partial charge on any atom is -0.315 e. The molecule has 0 amide bonds. The molecule has 23 heavy (non-hydrogen) atoms. The molecule has 3 aromatic rings. The van der Waals surface area contributed by atoms with E-state index < -0.39 is 10.0 Å². The molecule has 0 unspecified atom stereocenters. The lowest BCUT2D eigenvalue weighted by Crippen LogP contribution is -2.27. The number of hydrogen-bond donors (Lipinski definition) is 1. The lowest BCUT2D eigenvalue weighted by atomic mass is 10.1. The second-order valence-corrected chi connectivity index (χ2v) is 7.19. The number of hydrogen-bond acceptors (Lipinski definition) is 4. The van der Waals surface area contributed by atoms with Gasteiger partial charge in [0, 0.05) is 23.9 Å². The fraction of sp³-hybridized carbons (Fsp3) is 0.125. The highest BCUT2D eigenvalue weighted by Gasteiger charge is 2.24. The van der Waals surface area contributed by atoms with Crippen molar-refractivity contribution in [1.82, 2.24) is 14.5 Å². The highest BCUT2D eigenvalue weighted by molar-refractivity contribution is 7.92. The summed E-state index contributed by atoms with van der Waals surface area (Å²) in [6.07, 6.45) is 3.42. The number of benzene rings is 1. The summed E-state index contributed by atoms with van der Waals surface area (Å²) in [7, 11) is -3.27. The van der Waals surface area contributed by atoms with Gasteiger partial charge in [0.15, 0.2) is 0 Å². The van der Waals surface area contributed by atoms with Crippen molar-refractivity contribution in [2.24, 2.45) is 0 Å². The van der Waals surface area contributed by atoms with Crippen LogP contribution in [-0.2, 0) is 16.6 Å². The molecule has 3 heterocycles. The van der Waals surface area contributed by atoms with Crippen molar-refractivity contribution < 1.29 is 8.42 Å². The van der Waals surface area contributed by atoms with E-state index >= 15 is 0 Å². The second-order valence-electron chi connectivity index (χ2n) is 5.35. The first-order valence-electron chi connectivity index (χ1n) is 7.20. The fourth-order valence-corrected chi connectivity index (χ4v) is 3.67. The van der Waals surface area contributed by atoms with E-state index in [0.717, 1.165) is 16.8 Å². The number of nitrogens with zero attached hydrogens (tertiary/aromatic N) is 3. The molecule has 116 valence electrons. The van der Waals surface area contributed by atoms with Crippen molar-refractivity contribution >= 4 is 15.8 Å². The molecule has 0 spiro atoms. The number of aryl methyl sites for hydroxylation is 1. The largest absolute Gasteiger partial charge is 0.315 e. The van der Waals surface area contributed by atoms with Crippen LogP contribution in [0, 0.1) is 0 Å². The standard InChI is InChI=1S/C16H14N4O2S/c21-23(22)10-9-20-11-18-15(16(20)19-23)13-6-4-12(5-7-13)14-3-1-2-8-17-14/h1-8,11,19H,9-10H2. The molecule has 4 rings (SSSR count). The van der Waals surface area contributed by atoms with Crippen LogP contribution in [0.15, 0.2) is 55.0 Å². The maximum absolute atomic E-state index is 11.8. The first kappa shape index (κ1) is 14.0. The van der Waals surface area contributed by atoms with Crippen LogP contribution in [0.4, 0.5) is 5.82 Å². The van der Waals surface area contributed by atoms with Crippen molar-refractivity contribution in [2.75, 3.05) is 10.5 Å². The van der Waals surface area contributed by atoms with Crippen LogP contribution in [0.25, 0.3) is 22.5 Å². The number of fused-ring (bicyclic) bond motifs is 1. The summed E-state index contributed by atoms with van der Waals surface area (Å²) in [6, 6.07) is 13.5. The third-order valence-electron chi connectivity index (χ3n) is 3.81. The molecule has 7 heteroatoms. The number of imidazole rings is 1. The molecule has 0 saturated heterocycles. The summed E-state index contributed by atoms with van der Waals surface area (Å²) in [4.78, 5) is 8.68. The van der Waals surface area contributed by atoms with E-state index in [4.69, 9.17) is 0 Å². The molecule has 1 aliphatic rings. The SMILES string of the molecule is O=S1(=O)CCn2cnc(-c3ccc(-c4ccccn4)cc3)c2N1. The van der Waals surface area contributed by atoms with Crippen LogP contribution < -0.4 is 4.72 Å². The van der Waals surface area contributed by atoms with Gasteiger partial charge >= 0.3 is 0 Å². The Labute approximate surface area is 133 Å². The van der Waals surface area contributed by atoms with Gasteiger partial charge in [0.2, 0.25) is 10.0 Å². The van der Waals surface area contributed by atoms with Gasteiger partial charge in [0.25, 0.3) is 0 Å². The van der Waals surface area contributed by atoms with Crippen molar-refractivity contribution in [3.05, 3.63) is 55.0 Å². The smallest absolute Gasteiger partial charge is 0.235 e. The van der Waals surface area contributed by atoms with Gasteiger partial charge in [-0.3, -0.25) is 9.71 Å². The lowest BCUT2D eigenvalue weighted by molar-refractivity contribution is 0.588. The van der Waals surface area contributed by atoms with Gasteiger partial charge in [0.05, 0.1) is 17.8 Å². The Morgan fingerprint density at radius 3 is 2.52 bits per heavy atom. The Morgan fingerprint density at radius 2 is 1.78 bits per heavy atom. The average Bonchev–Trinajstić information content (AvgIpc) is 2.97. The van der Waals surface area contributed by atoms with E-state index in [2.05, 4.69) is 14.7 Å². The molecule has 0 fully saturated rings. The van der Waals surface area contributed by atoms with Gasteiger partial charge < -0.3 is 4.57 Å². The van der Waals surface area contributed by atoms with Gasteiger partial charge in [-0.2, -0.15) is 0 Å². The van der Waals surface area contributed by atoms with Gasteiger partial charge in [-0.05, 0) is 12.1 Å². The number of aromatic nitrogens is 3. The Morgan fingerprint density at radius 1 is 1.00 bits per heavy atom. The maximum Gasteiger partial charge on any atom is 0.235 e. The predicted molar refractivity (Wildman–Crippen MR) is 88.3 cm³/mol. The van der Waals surface area contributed by atoms with E-state index in [-0.39, 0.29) is 5.75 Å². The molecule has 0 aliphatic carbocycles. The van der Waals surface area contributed by atoms with Crippen LogP contribution in [0.5, 0.6) is 0 Å². The maximum atomic E-state index is 11.8. The molecule has 1 N–H and O–H groups in total. The summed E-state index contributed by atoms with van der Waals surface area (Å²) >= 11 is 0. The van der Waals surface area contributed by atoms with Crippen LogP contribution in [-0.4, -0.2) is 28.7 Å². The lowest BCUT2D eigenvalue weighted by Gasteiger charge is -2.17. The van der Waals surface area contributed by atoms with Gasteiger partial charge in [-0.15, -0.1) is 0 Å². The molecule has 1 aliphatic heterocycles. The number of nitrogens with one attached hydrogen (secondary N) is 1. The topological polar surface area (TPSA) is 76.9 Å². The molecular weight excluding hydrogens is 312 g/mol. The van der Waals surface area contributed by atoms with Crippen LogP contribution in [0.3, 0.4) is 0 Å². The normalized spacial score (nSPS) is 15.7. The zero-order chi connectivity index (χ0) is 15.9. The molecule has 0 bridgehead atoms. The Balaban J connectivity index is 1.72. The van der Waals surface area contributed by atoms with Crippen molar-refractivity contribution in [2.45, 2.75) is 6.54 Å². The minimum atomic E-state index is -3.27. The molecule has 0 radical (unpaired) electrons. The van der Waals surface area contributed by atoms with E-state index in [1.807, 2.05) is 47.0 Å². The van der Waals surface area contributed by atoms with E-state index in [9.17, 15) is 8.42 Å². The zero-order valence-corrected chi connectivity index (χ0v) is 13.0. The summed E-state index contributed by atoms with van der Waals surface area (Å²) in [6.45, 7) is 0.420. The second kappa shape index (κ2) is 5.20. The van der Waals surface area contributed by atoms with Crippen molar-refractivity contribution in [1.29, 1.82) is 0 Å². The zero-order valence-electron chi connectivity index (χ0n) is 12.2. The first-order chi connectivity index (χ1) is 11.1. The first-order valence-corrected chi connectivity index (χ1v) is 8.85. The van der Waals surface area contributed by atoms with Crippen molar-refractivity contribution in [3.8, 4) is 22.5 Å². The minimum absolute atomic E-state index is 0.0778. The van der Waals surface area contributed by atoms with E-state index in [1.165, 1.54) is 0 Å². The third-order valence-corrected chi connectivity index (χ3v) is 5.03. The van der Waals surface area contributed by atoms with Gasteiger partial charge in [0.1, 0.15) is 11.5 Å². The van der Waals surface area contributed by atoms with Crippen LogP contribution in [0.2, 0.25) is 0 Å². The molecule has 0 saturated carbocycles. The molecule has 1 aromatic carbocycles. The van der Waals surface area contributed by atoms with Crippen molar-refractivity contribution in [3.63, 3.8) is 0 Å². The van der Waals surface area contributed by atoms with Crippen LogP contribution >= 0.6 is 0 Å². The van der Waals surface area contributed by atoms with E-state index in [1.54, 1.807) is 12.5 Å². The van der Waals surface area contributed by atoms with E-state index in [0.29, 0.717) is 18.1 Å². The average molecular weight is 326 g/mol. The summed E-state index contributed by atoms with van der Waals surface area (Å²) in [5, 5.41) is 0. The van der Waals surface area contributed by atoms with Gasteiger partial charge in [-0.25, -0.2) is 13.4 Å². The highest BCUT2D eigenvalue weighted by atomic mass is 32.2. The third kappa shape index (κ3) is 2.59. The number of rotatable bonds is 2. The number of pyridine rings is 1.